The maximum atomic E-state index is 13.0. The number of nitrogens with two attached hydrogens (primary N) is 1. The van der Waals surface area contributed by atoms with Crippen molar-refractivity contribution in [1.82, 2.24) is 5.32 Å². The minimum atomic E-state index is -1.03. The summed E-state index contributed by atoms with van der Waals surface area (Å²) in [6.07, 6.45) is 4.95. The number of rotatable bonds is 9. The van der Waals surface area contributed by atoms with Gasteiger partial charge in [-0.3, -0.25) is 9.59 Å². The van der Waals surface area contributed by atoms with Crippen LogP contribution in [-0.4, -0.2) is 29.6 Å². The molecular weight excluding hydrogens is 460 g/mol. The zero-order valence-electron chi connectivity index (χ0n) is 21.8. The molecule has 0 aromatic heterocycles. The molecule has 4 N–H and O–H groups in total. The average Bonchev–Trinajstić information content (AvgIpc) is 2.90. The van der Waals surface area contributed by atoms with E-state index in [9.17, 15) is 9.59 Å². The molecule has 194 valence electrons. The maximum Gasteiger partial charge on any atom is 0.320 e. The standard InChI is InChI=1S/C32H38N2O3/c1-32(2)18-16-26(17-19-32)28(25-14-12-24(13-15-25)23-6-4-3-5-7-23)21-34-30(35)27-10-8-22(9-11-27)20-29(33)31(36)37/h3-15,26,28-29H,16-21,33H2,1-2H3,(H,34,35)(H,36,37)/t28-,29+/m0/s1. The summed E-state index contributed by atoms with van der Waals surface area (Å²) in [5.41, 5.74) is 11.0. The van der Waals surface area contributed by atoms with Gasteiger partial charge >= 0.3 is 5.97 Å². The molecule has 1 saturated carbocycles. The predicted octanol–water partition coefficient (Wildman–Crippen LogP) is 6.04. The van der Waals surface area contributed by atoms with Crippen LogP contribution in [0.25, 0.3) is 11.1 Å². The van der Waals surface area contributed by atoms with E-state index in [4.69, 9.17) is 10.8 Å². The van der Waals surface area contributed by atoms with Crippen LogP contribution in [0, 0.1) is 11.3 Å². The Morgan fingerprint density at radius 1 is 0.919 bits per heavy atom. The van der Waals surface area contributed by atoms with Crippen LogP contribution in [0.1, 0.15) is 66.9 Å². The molecule has 1 amide bonds. The van der Waals surface area contributed by atoms with E-state index in [1.807, 2.05) is 6.07 Å². The second-order valence-electron chi connectivity index (χ2n) is 11.2. The van der Waals surface area contributed by atoms with Gasteiger partial charge in [0.1, 0.15) is 6.04 Å². The van der Waals surface area contributed by atoms with Gasteiger partial charge in [-0.2, -0.15) is 0 Å². The Bertz CT molecular complexity index is 1180. The summed E-state index contributed by atoms with van der Waals surface area (Å²) in [6.45, 7) is 5.28. The molecule has 0 saturated heterocycles. The van der Waals surface area contributed by atoms with E-state index in [1.165, 1.54) is 29.5 Å². The summed E-state index contributed by atoms with van der Waals surface area (Å²) in [5, 5.41) is 12.2. The number of amides is 1. The van der Waals surface area contributed by atoms with Gasteiger partial charge in [0.2, 0.25) is 0 Å². The quantitative estimate of drug-likeness (QED) is 0.335. The van der Waals surface area contributed by atoms with Crippen molar-refractivity contribution < 1.29 is 14.7 Å². The Kier molecular flexibility index (Phi) is 8.45. The third-order valence-electron chi connectivity index (χ3n) is 7.87. The molecule has 5 nitrogen and oxygen atoms in total. The number of nitrogens with one attached hydrogen (secondary N) is 1. The smallest absolute Gasteiger partial charge is 0.320 e. The van der Waals surface area contributed by atoms with Gasteiger partial charge in [-0.25, -0.2) is 0 Å². The van der Waals surface area contributed by atoms with Gasteiger partial charge in [-0.05, 0) is 77.8 Å². The van der Waals surface area contributed by atoms with E-state index >= 15 is 0 Å². The molecule has 37 heavy (non-hydrogen) atoms. The molecule has 0 heterocycles. The third kappa shape index (κ3) is 7.07. The molecule has 0 spiro atoms. The third-order valence-corrected chi connectivity index (χ3v) is 7.87. The Hall–Kier alpha value is -3.44. The molecule has 5 heteroatoms. The van der Waals surface area contributed by atoms with Crippen molar-refractivity contribution in [2.75, 3.05) is 6.54 Å². The number of benzene rings is 3. The zero-order chi connectivity index (χ0) is 26.4. The molecule has 1 aliphatic rings. The van der Waals surface area contributed by atoms with Gasteiger partial charge in [0, 0.05) is 18.0 Å². The first-order valence-electron chi connectivity index (χ1n) is 13.2. The van der Waals surface area contributed by atoms with Crippen LogP contribution in [0.2, 0.25) is 0 Å². The summed E-state index contributed by atoms with van der Waals surface area (Å²) < 4.78 is 0. The van der Waals surface area contributed by atoms with Gasteiger partial charge in [0.15, 0.2) is 0 Å². The Morgan fingerprint density at radius 3 is 2.11 bits per heavy atom. The van der Waals surface area contributed by atoms with Crippen molar-refractivity contribution in [2.45, 2.75) is 57.9 Å². The van der Waals surface area contributed by atoms with Gasteiger partial charge in [-0.1, -0.05) is 80.6 Å². The monoisotopic (exact) mass is 498 g/mol. The fourth-order valence-corrected chi connectivity index (χ4v) is 5.37. The van der Waals surface area contributed by atoms with Crippen molar-refractivity contribution in [3.8, 4) is 11.1 Å². The number of carboxylic acids is 1. The van der Waals surface area contributed by atoms with Crippen molar-refractivity contribution in [2.24, 2.45) is 17.1 Å². The molecule has 3 aromatic rings. The Labute approximate surface area is 220 Å². The largest absolute Gasteiger partial charge is 0.480 e. The number of hydrogen-bond donors (Lipinski definition) is 3. The molecule has 0 unspecified atom stereocenters. The molecule has 1 aliphatic carbocycles. The summed E-state index contributed by atoms with van der Waals surface area (Å²) in [4.78, 5) is 24.0. The highest BCUT2D eigenvalue weighted by Gasteiger charge is 2.32. The first-order valence-corrected chi connectivity index (χ1v) is 13.2. The summed E-state index contributed by atoms with van der Waals surface area (Å²) >= 11 is 0. The van der Waals surface area contributed by atoms with E-state index in [0.717, 1.165) is 18.4 Å². The summed E-state index contributed by atoms with van der Waals surface area (Å²) in [6, 6.07) is 25.3. The number of aliphatic carboxylic acids is 1. The fraction of sp³-hybridized carbons (Fsp3) is 0.375. The number of hydrogen-bond acceptors (Lipinski definition) is 3. The molecule has 1 fully saturated rings. The summed E-state index contributed by atoms with van der Waals surface area (Å²) in [7, 11) is 0. The molecule has 0 aliphatic heterocycles. The van der Waals surface area contributed by atoms with Crippen molar-refractivity contribution in [3.05, 3.63) is 95.6 Å². The first-order chi connectivity index (χ1) is 17.7. The first kappa shape index (κ1) is 26.6. The molecule has 0 bridgehead atoms. The normalized spacial score (nSPS) is 17.1. The highest BCUT2D eigenvalue weighted by Crippen LogP contribution is 2.43. The average molecular weight is 499 g/mol. The molecular formula is C32H38N2O3. The lowest BCUT2D eigenvalue weighted by atomic mass is 9.68. The van der Waals surface area contributed by atoms with Crippen LogP contribution in [0.5, 0.6) is 0 Å². The second kappa shape index (κ2) is 11.7. The van der Waals surface area contributed by atoms with Crippen LogP contribution in [0.4, 0.5) is 0 Å². The lowest BCUT2D eigenvalue weighted by Gasteiger charge is -2.38. The lowest BCUT2D eigenvalue weighted by molar-refractivity contribution is -0.138. The highest BCUT2D eigenvalue weighted by molar-refractivity contribution is 5.94. The number of carboxylic acid groups (broad SMARTS) is 1. The van der Waals surface area contributed by atoms with E-state index in [1.54, 1.807) is 24.3 Å². The van der Waals surface area contributed by atoms with Gasteiger partial charge in [0.25, 0.3) is 5.91 Å². The molecule has 3 aromatic carbocycles. The van der Waals surface area contributed by atoms with E-state index < -0.39 is 12.0 Å². The number of carbonyl (C=O) groups is 2. The summed E-state index contributed by atoms with van der Waals surface area (Å²) in [5.74, 6) is -0.375. The minimum absolute atomic E-state index is 0.115. The van der Waals surface area contributed by atoms with Crippen molar-refractivity contribution >= 4 is 11.9 Å². The van der Waals surface area contributed by atoms with Gasteiger partial charge in [-0.15, -0.1) is 0 Å². The Balaban J connectivity index is 1.46. The van der Waals surface area contributed by atoms with E-state index in [-0.39, 0.29) is 18.2 Å². The topological polar surface area (TPSA) is 92.4 Å². The van der Waals surface area contributed by atoms with Crippen molar-refractivity contribution in [3.63, 3.8) is 0 Å². The predicted molar refractivity (Wildman–Crippen MR) is 148 cm³/mol. The minimum Gasteiger partial charge on any atom is -0.480 e. The fourth-order valence-electron chi connectivity index (χ4n) is 5.37. The van der Waals surface area contributed by atoms with Crippen LogP contribution in [0.3, 0.4) is 0 Å². The van der Waals surface area contributed by atoms with Gasteiger partial charge < -0.3 is 16.2 Å². The van der Waals surface area contributed by atoms with Crippen molar-refractivity contribution in [1.29, 1.82) is 0 Å². The highest BCUT2D eigenvalue weighted by atomic mass is 16.4. The van der Waals surface area contributed by atoms with E-state index in [0.29, 0.717) is 23.4 Å². The SMILES string of the molecule is CC1(C)CCC([C@@H](CNC(=O)c2ccc(C[C@@H](N)C(=O)O)cc2)c2ccc(-c3ccccc3)cc2)CC1. The number of carbonyl (C=O) groups excluding carboxylic acids is 1. The molecule has 2 atom stereocenters. The van der Waals surface area contributed by atoms with Crippen LogP contribution in [0.15, 0.2) is 78.9 Å². The zero-order valence-corrected chi connectivity index (χ0v) is 21.8. The molecule has 4 rings (SSSR count). The maximum absolute atomic E-state index is 13.0. The van der Waals surface area contributed by atoms with Gasteiger partial charge in [0.05, 0.1) is 0 Å². The molecule has 0 radical (unpaired) electrons. The van der Waals surface area contributed by atoms with Crippen LogP contribution >= 0.6 is 0 Å². The van der Waals surface area contributed by atoms with Crippen LogP contribution in [-0.2, 0) is 11.2 Å². The lowest BCUT2D eigenvalue weighted by Crippen LogP contribution is -2.34. The second-order valence-corrected chi connectivity index (χ2v) is 11.2. The Morgan fingerprint density at radius 2 is 1.51 bits per heavy atom. The van der Waals surface area contributed by atoms with E-state index in [2.05, 4.69) is 67.7 Å². The van der Waals surface area contributed by atoms with Crippen LogP contribution < -0.4 is 11.1 Å².